The number of aliphatic hydroxyl groups is 1. The first kappa shape index (κ1) is 15.7. The molecule has 7 heteroatoms. The van der Waals surface area contributed by atoms with Crippen LogP contribution in [0.4, 0.5) is 5.69 Å². The molecule has 1 aromatic rings. The highest BCUT2D eigenvalue weighted by molar-refractivity contribution is 6.31. The van der Waals surface area contributed by atoms with Crippen molar-refractivity contribution < 1.29 is 14.8 Å². The van der Waals surface area contributed by atoms with E-state index in [1.165, 1.54) is 18.2 Å². The van der Waals surface area contributed by atoms with Gasteiger partial charge in [0.25, 0.3) is 11.6 Å². The quantitative estimate of drug-likeness (QED) is 0.660. The largest absolute Gasteiger partial charge is 0.388 e. The molecule has 0 radical (unpaired) electrons. The van der Waals surface area contributed by atoms with Gasteiger partial charge in [-0.25, -0.2) is 0 Å². The highest BCUT2D eigenvalue weighted by Crippen LogP contribution is 2.27. The van der Waals surface area contributed by atoms with Crippen molar-refractivity contribution in [2.75, 3.05) is 6.54 Å². The van der Waals surface area contributed by atoms with Crippen LogP contribution in [0.1, 0.15) is 42.5 Å². The van der Waals surface area contributed by atoms with Gasteiger partial charge in [-0.2, -0.15) is 0 Å². The van der Waals surface area contributed by atoms with E-state index in [2.05, 4.69) is 5.32 Å². The van der Waals surface area contributed by atoms with Gasteiger partial charge in [0, 0.05) is 29.3 Å². The van der Waals surface area contributed by atoms with E-state index in [1.807, 2.05) is 0 Å². The van der Waals surface area contributed by atoms with E-state index in [1.54, 1.807) is 0 Å². The molecule has 6 nitrogen and oxygen atoms in total. The van der Waals surface area contributed by atoms with Crippen molar-refractivity contribution in [2.45, 2.75) is 37.7 Å². The van der Waals surface area contributed by atoms with Crippen LogP contribution in [-0.4, -0.2) is 28.1 Å². The fourth-order valence-corrected chi connectivity index (χ4v) is 2.77. The van der Waals surface area contributed by atoms with Crippen LogP contribution in [0.15, 0.2) is 18.2 Å². The van der Waals surface area contributed by atoms with E-state index in [-0.39, 0.29) is 22.8 Å². The summed E-state index contributed by atoms with van der Waals surface area (Å²) in [6, 6.07) is 3.73. The van der Waals surface area contributed by atoms with Crippen molar-refractivity contribution >= 4 is 23.2 Å². The number of amides is 1. The Morgan fingerprint density at radius 1 is 1.33 bits per heavy atom. The highest BCUT2D eigenvalue weighted by atomic mass is 35.5. The van der Waals surface area contributed by atoms with Crippen LogP contribution in [0.3, 0.4) is 0 Å². The third kappa shape index (κ3) is 4.15. The molecule has 114 valence electrons. The maximum atomic E-state index is 12.1. The first-order chi connectivity index (χ1) is 9.89. The van der Waals surface area contributed by atoms with Crippen molar-refractivity contribution in [3.63, 3.8) is 0 Å². The van der Waals surface area contributed by atoms with Gasteiger partial charge in [-0.05, 0) is 18.9 Å². The molecule has 1 amide bonds. The van der Waals surface area contributed by atoms with Crippen molar-refractivity contribution in [2.24, 2.45) is 0 Å². The lowest BCUT2D eigenvalue weighted by molar-refractivity contribution is -0.384. The second-order valence-corrected chi connectivity index (χ2v) is 5.86. The maximum absolute atomic E-state index is 12.1. The fraction of sp³-hybridized carbons (Fsp3) is 0.500. The third-order valence-corrected chi connectivity index (χ3v) is 3.94. The van der Waals surface area contributed by atoms with Crippen LogP contribution in [0.5, 0.6) is 0 Å². The third-order valence-electron chi connectivity index (χ3n) is 3.72. The molecule has 2 N–H and O–H groups in total. The standard InChI is InChI=1S/C14H17ClN2O4/c15-11-6-10(7-12(8-11)17(20)21)13(18)16-9-14(19)4-2-1-3-5-14/h6-8,19H,1-5,9H2,(H,16,18). The minimum atomic E-state index is -0.877. The summed E-state index contributed by atoms with van der Waals surface area (Å²) < 4.78 is 0. The average Bonchev–Trinajstić information content (AvgIpc) is 2.45. The van der Waals surface area contributed by atoms with Crippen LogP contribution >= 0.6 is 11.6 Å². The average molecular weight is 313 g/mol. The number of nitrogens with one attached hydrogen (secondary N) is 1. The lowest BCUT2D eigenvalue weighted by atomic mass is 9.85. The minimum absolute atomic E-state index is 0.119. The fourth-order valence-electron chi connectivity index (χ4n) is 2.54. The van der Waals surface area contributed by atoms with Gasteiger partial charge >= 0.3 is 0 Å². The lowest BCUT2D eigenvalue weighted by Crippen LogP contribution is -2.44. The number of nitro benzene ring substituents is 1. The molecule has 0 aliphatic heterocycles. The minimum Gasteiger partial charge on any atom is -0.388 e. The number of non-ortho nitro benzene ring substituents is 1. The molecule has 0 atom stereocenters. The molecule has 21 heavy (non-hydrogen) atoms. The molecule has 0 bridgehead atoms. The number of rotatable bonds is 4. The van der Waals surface area contributed by atoms with Gasteiger partial charge in [0.15, 0.2) is 0 Å². The molecule has 1 aromatic carbocycles. The van der Waals surface area contributed by atoms with Crippen molar-refractivity contribution in [3.8, 4) is 0 Å². The first-order valence-corrected chi connectivity index (χ1v) is 7.23. The van der Waals surface area contributed by atoms with Gasteiger partial charge in [0.05, 0.1) is 10.5 Å². The Balaban J connectivity index is 2.04. The Morgan fingerprint density at radius 2 is 2.00 bits per heavy atom. The smallest absolute Gasteiger partial charge is 0.271 e. The van der Waals surface area contributed by atoms with E-state index in [0.717, 1.165) is 19.3 Å². The van der Waals surface area contributed by atoms with Crippen molar-refractivity contribution in [1.82, 2.24) is 5.32 Å². The summed E-state index contributed by atoms with van der Waals surface area (Å²) in [7, 11) is 0. The van der Waals surface area contributed by atoms with Crippen LogP contribution < -0.4 is 5.32 Å². The summed E-state index contributed by atoms with van der Waals surface area (Å²) in [6.45, 7) is 0.145. The molecular formula is C14H17ClN2O4. The number of nitro groups is 1. The molecule has 2 rings (SSSR count). The number of benzene rings is 1. The lowest BCUT2D eigenvalue weighted by Gasteiger charge is -2.32. The van der Waals surface area contributed by atoms with Crippen LogP contribution in [0, 0.1) is 10.1 Å². The van der Waals surface area contributed by atoms with E-state index in [0.29, 0.717) is 12.8 Å². The summed E-state index contributed by atoms with van der Waals surface area (Å²) in [5.41, 5.74) is -0.990. The van der Waals surface area contributed by atoms with Gasteiger partial charge in [0.2, 0.25) is 0 Å². The molecule has 1 saturated carbocycles. The summed E-state index contributed by atoms with van der Waals surface area (Å²) >= 11 is 5.78. The monoisotopic (exact) mass is 312 g/mol. The topological polar surface area (TPSA) is 92.5 Å². The van der Waals surface area contributed by atoms with E-state index < -0.39 is 16.4 Å². The van der Waals surface area contributed by atoms with Crippen molar-refractivity contribution in [3.05, 3.63) is 38.9 Å². The molecular weight excluding hydrogens is 296 g/mol. The summed E-state index contributed by atoms with van der Waals surface area (Å²) in [6.07, 6.45) is 4.28. The van der Waals surface area contributed by atoms with Crippen LogP contribution in [0.2, 0.25) is 5.02 Å². The predicted octanol–water partition coefficient (Wildman–Crippen LogP) is 2.67. The molecule has 0 unspecified atom stereocenters. The number of carbonyl (C=O) groups excluding carboxylic acids is 1. The molecule has 0 saturated heterocycles. The van der Waals surface area contributed by atoms with Crippen LogP contribution in [0.25, 0.3) is 0 Å². The number of hydrogen-bond acceptors (Lipinski definition) is 4. The highest BCUT2D eigenvalue weighted by Gasteiger charge is 2.29. The van der Waals surface area contributed by atoms with E-state index in [4.69, 9.17) is 11.6 Å². The van der Waals surface area contributed by atoms with Gasteiger partial charge in [-0.3, -0.25) is 14.9 Å². The maximum Gasteiger partial charge on any atom is 0.271 e. The SMILES string of the molecule is O=C(NCC1(O)CCCCC1)c1cc(Cl)cc([N+](=O)[O-])c1. The molecule has 0 spiro atoms. The number of halogens is 1. The van der Waals surface area contributed by atoms with E-state index in [9.17, 15) is 20.0 Å². The first-order valence-electron chi connectivity index (χ1n) is 6.85. The van der Waals surface area contributed by atoms with Gasteiger partial charge in [-0.15, -0.1) is 0 Å². The Kier molecular flexibility index (Phi) is 4.80. The molecule has 1 aliphatic rings. The zero-order chi connectivity index (χ0) is 15.5. The number of hydrogen-bond donors (Lipinski definition) is 2. The van der Waals surface area contributed by atoms with Gasteiger partial charge < -0.3 is 10.4 Å². The molecule has 0 aromatic heterocycles. The predicted molar refractivity (Wildman–Crippen MR) is 78.5 cm³/mol. The molecule has 1 aliphatic carbocycles. The zero-order valence-corrected chi connectivity index (χ0v) is 12.2. The van der Waals surface area contributed by atoms with Gasteiger partial charge in [-0.1, -0.05) is 30.9 Å². The normalized spacial score (nSPS) is 17.2. The second kappa shape index (κ2) is 6.41. The Bertz CT molecular complexity index is 556. The summed E-state index contributed by atoms with van der Waals surface area (Å²) in [5.74, 6) is -0.473. The summed E-state index contributed by atoms with van der Waals surface area (Å²) in [5, 5.41) is 23.8. The second-order valence-electron chi connectivity index (χ2n) is 5.42. The van der Waals surface area contributed by atoms with Gasteiger partial charge in [0.1, 0.15) is 0 Å². The zero-order valence-electron chi connectivity index (χ0n) is 11.5. The summed E-state index contributed by atoms with van der Waals surface area (Å²) in [4.78, 5) is 22.2. The Labute approximate surface area is 127 Å². The Hall–Kier alpha value is -1.66. The Morgan fingerprint density at radius 3 is 2.62 bits per heavy atom. The number of carbonyl (C=O) groups is 1. The van der Waals surface area contributed by atoms with Crippen LogP contribution in [-0.2, 0) is 0 Å². The van der Waals surface area contributed by atoms with E-state index >= 15 is 0 Å². The number of nitrogens with zero attached hydrogens (tertiary/aromatic N) is 1. The van der Waals surface area contributed by atoms with Crippen molar-refractivity contribution in [1.29, 1.82) is 0 Å². The molecule has 1 fully saturated rings. The molecule has 0 heterocycles.